The van der Waals surface area contributed by atoms with Gasteiger partial charge in [0.2, 0.25) is 0 Å². The van der Waals surface area contributed by atoms with Gasteiger partial charge in [-0.05, 0) is 30.0 Å². The van der Waals surface area contributed by atoms with Crippen LogP contribution in [0.2, 0.25) is 0 Å². The molecule has 0 bridgehead atoms. The Morgan fingerprint density at radius 2 is 2.06 bits per heavy atom. The maximum atomic E-state index is 11.1. The summed E-state index contributed by atoms with van der Waals surface area (Å²) in [6.07, 6.45) is 0.923. The second-order valence-corrected chi connectivity index (χ2v) is 3.96. The zero-order valence-corrected chi connectivity index (χ0v) is 10.2. The van der Waals surface area contributed by atoms with E-state index in [9.17, 15) is 9.59 Å². The molecular formula is C13H16O4. The summed E-state index contributed by atoms with van der Waals surface area (Å²) in [5, 5.41) is 9.07. The molecule has 0 amide bonds. The molecule has 0 aliphatic heterocycles. The first kappa shape index (κ1) is 13.2. The van der Waals surface area contributed by atoms with Crippen LogP contribution in [0.15, 0.2) is 18.2 Å². The van der Waals surface area contributed by atoms with Crippen LogP contribution in [-0.4, -0.2) is 17.0 Å². The van der Waals surface area contributed by atoms with Gasteiger partial charge in [-0.25, -0.2) is 4.79 Å². The Hall–Kier alpha value is -1.84. The van der Waals surface area contributed by atoms with Gasteiger partial charge in [-0.3, -0.25) is 4.79 Å². The summed E-state index contributed by atoms with van der Waals surface area (Å²) < 4.78 is 4.86. The molecule has 0 aromatic heterocycles. The zero-order chi connectivity index (χ0) is 13.0. The van der Waals surface area contributed by atoms with E-state index in [0.717, 1.165) is 12.0 Å². The average molecular weight is 236 g/mol. The largest absolute Gasteiger partial charge is 0.478 e. The maximum Gasteiger partial charge on any atom is 0.339 e. The lowest BCUT2D eigenvalue weighted by Gasteiger charge is -2.12. The van der Waals surface area contributed by atoms with E-state index in [-0.39, 0.29) is 17.2 Å². The number of ether oxygens (including phenoxy) is 1. The van der Waals surface area contributed by atoms with Crippen LogP contribution in [-0.2, 0) is 4.79 Å². The molecule has 0 radical (unpaired) electrons. The van der Waals surface area contributed by atoms with Gasteiger partial charge in [0.15, 0.2) is 0 Å². The van der Waals surface area contributed by atoms with Crippen molar-refractivity contribution in [1.29, 1.82) is 0 Å². The van der Waals surface area contributed by atoms with E-state index in [4.69, 9.17) is 9.84 Å². The molecule has 0 saturated heterocycles. The van der Waals surface area contributed by atoms with Crippen LogP contribution < -0.4 is 4.74 Å². The monoisotopic (exact) mass is 236 g/mol. The van der Waals surface area contributed by atoms with E-state index in [0.29, 0.717) is 0 Å². The lowest BCUT2D eigenvalue weighted by atomic mass is 9.96. The molecule has 1 N–H and O–H groups in total. The molecule has 4 nitrogen and oxygen atoms in total. The van der Waals surface area contributed by atoms with Crippen molar-refractivity contribution in [1.82, 2.24) is 0 Å². The van der Waals surface area contributed by atoms with Gasteiger partial charge in [0.05, 0.1) is 0 Å². The van der Waals surface area contributed by atoms with Gasteiger partial charge < -0.3 is 9.84 Å². The SMILES string of the molecule is CCC(C)c1ccc(OC(C)=O)c(C(=O)O)c1. The minimum absolute atomic E-state index is 0.0259. The number of carboxylic acid groups (broad SMARTS) is 1. The number of carboxylic acids is 1. The van der Waals surface area contributed by atoms with Gasteiger partial charge in [0, 0.05) is 6.92 Å². The first-order valence-electron chi connectivity index (χ1n) is 5.51. The molecule has 1 aromatic carbocycles. The van der Waals surface area contributed by atoms with E-state index in [1.165, 1.54) is 13.0 Å². The van der Waals surface area contributed by atoms with Gasteiger partial charge in [-0.1, -0.05) is 19.9 Å². The summed E-state index contributed by atoms with van der Waals surface area (Å²) in [5.74, 6) is -1.24. The van der Waals surface area contributed by atoms with Crippen LogP contribution in [0.1, 0.15) is 49.0 Å². The standard InChI is InChI=1S/C13H16O4/c1-4-8(2)10-5-6-12(17-9(3)14)11(7-10)13(15)16/h5-8H,4H2,1-3H3,(H,15,16). The zero-order valence-electron chi connectivity index (χ0n) is 10.2. The summed E-state index contributed by atoms with van der Waals surface area (Å²) in [5.41, 5.74) is 0.957. The third-order valence-electron chi connectivity index (χ3n) is 2.67. The fourth-order valence-corrected chi connectivity index (χ4v) is 1.50. The van der Waals surface area contributed by atoms with Crippen molar-refractivity contribution in [3.8, 4) is 5.75 Å². The Kier molecular flexibility index (Phi) is 4.26. The fourth-order valence-electron chi connectivity index (χ4n) is 1.50. The van der Waals surface area contributed by atoms with Crippen LogP contribution in [0, 0.1) is 0 Å². The smallest absolute Gasteiger partial charge is 0.339 e. The van der Waals surface area contributed by atoms with Crippen LogP contribution in [0.4, 0.5) is 0 Å². The van der Waals surface area contributed by atoms with E-state index in [1.54, 1.807) is 12.1 Å². The highest BCUT2D eigenvalue weighted by molar-refractivity contribution is 5.92. The van der Waals surface area contributed by atoms with Crippen molar-refractivity contribution in [2.45, 2.75) is 33.1 Å². The molecular weight excluding hydrogens is 220 g/mol. The Balaban J connectivity index is 3.17. The number of esters is 1. The lowest BCUT2D eigenvalue weighted by molar-refractivity contribution is -0.131. The summed E-state index contributed by atoms with van der Waals surface area (Å²) in [4.78, 5) is 21.9. The number of hydrogen-bond donors (Lipinski definition) is 1. The third-order valence-corrected chi connectivity index (χ3v) is 2.67. The second kappa shape index (κ2) is 5.48. The lowest BCUT2D eigenvalue weighted by Crippen LogP contribution is -2.08. The number of hydrogen-bond acceptors (Lipinski definition) is 3. The van der Waals surface area contributed by atoms with Gasteiger partial charge in [-0.15, -0.1) is 0 Å². The predicted octanol–water partition coefficient (Wildman–Crippen LogP) is 2.82. The molecule has 0 spiro atoms. The van der Waals surface area contributed by atoms with Gasteiger partial charge in [0.1, 0.15) is 11.3 Å². The van der Waals surface area contributed by atoms with Gasteiger partial charge >= 0.3 is 11.9 Å². The van der Waals surface area contributed by atoms with Crippen molar-refractivity contribution in [2.75, 3.05) is 0 Å². The minimum Gasteiger partial charge on any atom is -0.478 e. The van der Waals surface area contributed by atoms with Crippen molar-refractivity contribution in [2.24, 2.45) is 0 Å². The number of carbonyl (C=O) groups excluding carboxylic acids is 1. The van der Waals surface area contributed by atoms with Crippen molar-refractivity contribution < 1.29 is 19.4 Å². The van der Waals surface area contributed by atoms with E-state index < -0.39 is 11.9 Å². The first-order valence-corrected chi connectivity index (χ1v) is 5.51. The van der Waals surface area contributed by atoms with E-state index >= 15 is 0 Å². The van der Waals surface area contributed by atoms with Gasteiger partial charge in [-0.2, -0.15) is 0 Å². The normalized spacial score (nSPS) is 11.9. The summed E-state index contributed by atoms with van der Waals surface area (Å²) in [6.45, 7) is 5.30. The predicted molar refractivity (Wildman–Crippen MR) is 63.4 cm³/mol. The molecule has 1 unspecified atom stereocenters. The topological polar surface area (TPSA) is 63.6 Å². The molecule has 17 heavy (non-hydrogen) atoms. The van der Waals surface area contributed by atoms with Crippen molar-refractivity contribution in [3.63, 3.8) is 0 Å². The summed E-state index contributed by atoms with van der Waals surface area (Å²) in [7, 11) is 0. The Morgan fingerprint density at radius 3 is 2.53 bits per heavy atom. The molecule has 0 aliphatic rings. The quantitative estimate of drug-likeness (QED) is 0.645. The van der Waals surface area contributed by atoms with Crippen LogP contribution >= 0.6 is 0 Å². The summed E-state index contributed by atoms with van der Waals surface area (Å²) >= 11 is 0. The fraction of sp³-hybridized carbons (Fsp3) is 0.385. The number of rotatable bonds is 4. The minimum atomic E-state index is -1.09. The van der Waals surface area contributed by atoms with E-state index in [1.807, 2.05) is 13.8 Å². The Morgan fingerprint density at radius 1 is 1.41 bits per heavy atom. The van der Waals surface area contributed by atoms with E-state index in [2.05, 4.69) is 0 Å². The number of carbonyl (C=O) groups is 2. The molecule has 1 aromatic rings. The molecule has 0 heterocycles. The highest BCUT2D eigenvalue weighted by Crippen LogP contribution is 2.26. The molecule has 92 valence electrons. The second-order valence-electron chi connectivity index (χ2n) is 3.96. The van der Waals surface area contributed by atoms with Crippen molar-refractivity contribution in [3.05, 3.63) is 29.3 Å². The number of benzene rings is 1. The number of aromatic carboxylic acids is 1. The summed E-state index contributed by atoms with van der Waals surface area (Å²) in [6, 6.07) is 4.89. The van der Waals surface area contributed by atoms with Crippen LogP contribution in [0.5, 0.6) is 5.75 Å². The highest BCUT2D eigenvalue weighted by atomic mass is 16.5. The first-order chi connectivity index (χ1) is 7.95. The van der Waals surface area contributed by atoms with Crippen molar-refractivity contribution >= 4 is 11.9 Å². The molecule has 4 heteroatoms. The molecule has 0 fully saturated rings. The molecule has 1 rings (SSSR count). The Labute approximate surface area is 100 Å². The molecule has 1 atom stereocenters. The molecule has 0 saturated carbocycles. The van der Waals surface area contributed by atoms with Crippen LogP contribution in [0.3, 0.4) is 0 Å². The average Bonchev–Trinajstić information content (AvgIpc) is 2.27. The molecule has 0 aliphatic carbocycles. The van der Waals surface area contributed by atoms with Gasteiger partial charge in [0.25, 0.3) is 0 Å². The van der Waals surface area contributed by atoms with Crippen LogP contribution in [0.25, 0.3) is 0 Å². The maximum absolute atomic E-state index is 11.1. The third kappa shape index (κ3) is 3.31. The highest BCUT2D eigenvalue weighted by Gasteiger charge is 2.15. The Bertz CT molecular complexity index is 437.